The van der Waals surface area contributed by atoms with Gasteiger partial charge in [-0.25, -0.2) is 13.1 Å². The molecule has 1 aliphatic rings. The third kappa shape index (κ3) is 3.50. The monoisotopic (exact) mass is 358 g/mol. The van der Waals surface area contributed by atoms with Gasteiger partial charge in [-0.15, -0.1) is 12.4 Å². The summed E-state index contributed by atoms with van der Waals surface area (Å²) < 4.78 is 33.5. The van der Waals surface area contributed by atoms with Crippen LogP contribution in [-0.2, 0) is 10.0 Å². The molecule has 1 aromatic carbocycles. The smallest absolute Gasteiger partial charge is 0.246 e. The van der Waals surface area contributed by atoms with Gasteiger partial charge in [-0.3, -0.25) is 0 Å². The zero-order valence-electron chi connectivity index (χ0n) is 12.7. The van der Waals surface area contributed by atoms with Crippen LogP contribution in [0.15, 0.2) is 41.6 Å². The predicted molar refractivity (Wildman–Crippen MR) is 89.0 cm³/mol. The van der Waals surface area contributed by atoms with Gasteiger partial charge in [0.2, 0.25) is 10.0 Å². The number of piperazine rings is 1. The van der Waals surface area contributed by atoms with Crippen molar-refractivity contribution >= 4 is 22.4 Å². The number of halogens is 1. The molecule has 1 N–H and O–H groups in total. The van der Waals surface area contributed by atoms with E-state index in [0.717, 1.165) is 0 Å². The third-order valence-corrected chi connectivity index (χ3v) is 5.46. The van der Waals surface area contributed by atoms with Crippen LogP contribution in [0.5, 0.6) is 5.75 Å². The van der Waals surface area contributed by atoms with Crippen molar-refractivity contribution in [2.24, 2.45) is 0 Å². The quantitative estimate of drug-likeness (QED) is 0.878. The van der Waals surface area contributed by atoms with E-state index < -0.39 is 10.0 Å². The molecule has 2 aromatic rings. The molecular formula is C14H19ClN4O3S. The van der Waals surface area contributed by atoms with E-state index in [4.69, 9.17) is 4.74 Å². The molecule has 0 spiro atoms. The highest BCUT2D eigenvalue weighted by atomic mass is 35.5. The van der Waals surface area contributed by atoms with Crippen molar-refractivity contribution < 1.29 is 13.2 Å². The molecule has 2 heterocycles. The van der Waals surface area contributed by atoms with E-state index in [2.05, 4.69) is 10.4 Å². The van der Waals surface area contributed by atoms with Crippen LogP contribution < -0.4 is 10.1 Å². The Morgan fingerprint density at radius 3 is 2.61 bits per heavy atom. The number of hydrogen-bond acceptors (Lipinski definition) is 5. The Kier molecular flexibility index (Phi) is 5.64. The summed E-state index contributed by atoms with van der Waals surface area (Å²) in [6.07, 6.45) is 2.90. The number of benzene rings is 1. The lowest BCUT2D eigenvalue weighted by molar-refractivity contribution is 0.360. The molecule has 1 aliphatic heterocycles. The van der Waals surface area contributed by atoms with E-state index >= 15 is 0 Å². The molecule has 9 heteroatoms. The molecule has 1 aromatic heterocycles. The Morgan fingerprint density at radius 1 is 1.22 bits per heavy atom. The third-order valence-electron chi connectivity index (χ3n) is 3.60. The predicted octanol–water partition coefficient (Wildman–Crippen LogP) is 0.897. The number of nitrogens with one attached hydrogen (secondary N) is 1. The summed E-state index contributed by atoms with van der Waals surface area (Å²) in [4.78, 5) is 0.195. The molecule has 0 radical (unpaired) electrons. The van der Waals surface area contributed by atoms with E-state index in [1.54, 1.807) is 7.11 Å². The first-order valence-corrected chi connectivity index (χ1v) is 8.46. The van der Waals surface area contributed by atoms with Crippen molar-refractivity contribution in [3.8, 4) is 11.4 Å². The van der Waals surface area contributed by atoms with Crippen LogP contribution in [0.25, 0.3) is 5.69 Å². The van der Waals surface area contributed by atoms with Gasteiger partial charge in [0, 0.05) is 26.2 Å². The largest absolute Gasteiger partial charge is 0.494 e. The van der Waals surface area contributed by atoms with E-state index in [1.165, 1.54) is 21.4 Å². The molecule has 1 saturated heterocycles. The maximum absolute atomic E-state index is 12.6. The zero-order chi connectivity index (χ0) is 15.6. The number of rotatable bonds is 4. The summed E-state index contributed by atoms with van der Waals surface area (Å²) in [5.41, 5.74) is 0.701. The molecule has 0 amide bonds. The minimum absolute atomic E-state index is 0. The van der Waals surface area contributed by atoms with Gasteiger partial charge in [-0.05, 0) is 12.1 Å². The summed E-state index contributed by atoms with van der Waals surface area (Å²) in [6, 6.07) is 7.34. The van der Waals surface area contributed by atoms with Crippen molar-refractivity contribution in [2.45, 2.75) is 4.90 Å². The van der Waals surface area contributed by atoms with Crippen LogP contribution in [0.3, 0.4) is 0 Å². The Balaban J connectivity index is 0.00000192. The van der Waals surface area contributed by atoms with Gasteiger partial charge in [-0.1, -0.05) is 12.1 Å². The lowest BCUT2D eigenvalue weighted by Gasteiger charge is -2.25. The molecule has 3 rings (SSSR count). The maximum atomic E-state index is 12.6. The molecular weight excluding hydrogens is 340 g/mol. The highest BCUT2D eigenvalue weighted by Gasteiger charge is 2.27. The summed E-state index contributed by atoms with van der Waals surface area (Å²) >= 11 is 0. The minimum Gasteiger partial charge on any atom is -0.494 e. The number of aromatic nitrogens is 2. The molecule has 7 nitrogen and oxygen atoms in total. The average molecular weight is 359 g/mol. The van der Waals surface area contributed by atoms with Crippen LogP contribution in [0.4, 0.5) is 0 Å². The fraction of sp³-hybridized carbons (Fsp3) is 0.357. The van der Waals surface area contributed by atoms with Gasteiger partial charge in [0.1, 0.15) is 16.3 Å². The normalized spacial score (nSPS) is 15.9. The maximum Gasteiger partial charge on any atom is 0.246 e. The van der Waals surface area contributed by atoms with Gasteiger partial charge in [-0.2, -0.15) is 9.40 Å². The molecule has 0 bridgehead atoms. The number of methoxy groups -OCH3 is 1. The number of hydrogen-bond donors (Lipinski definition) is 1. The molecule has 1 fully saturated rings. The van der Waals surface area contributed by atoms with Crippen LogP contribution in [0, 0.1) is 0 Å². The molecule has 0 atom stereocenters. The standard InChI is InChI=1S/C14H18N4O3S.ClH/c1-21-14-5-3-2-4-13(14)18-11-12(10-16-18)22(19,20)17-8-6-15-7-9-17;/h2-5,10-11,15H,6-9H2,1H3;1H. The van der Waals surface area contributed by atoms with E-state index in [-0.39, 0.29) is 17.3 Å². The number of sulfonamides is 1. The van der Waals surface area contributed by atoms with Gasteiger partial charge >= 0.3 is 0 Å². The fourth-order valence-corrected chi connectivity index (χ4v) is 3.80. The molecule has 126 valence electrons. The average Bonchev–Trinajstić information content (AvgIpc) is 3.06. The lowest BCUT2D eigenvalue weighted by Crippen LogP contribution is -2.46. The summed E-state index contributed by atoms with van der Waals surface area (Å²) in [7, 11) is -1.93. The van der Waals surface area contributed by atoms with Crippen LogP contribution in [0.2, 0.25) is 0 Å². The van der Waals surface area contributed by atoms with Gasteiger partial charge in [0.05, 0.1) is 19.5 Å². The Hall–Kier alpha value is -1.61. The van der Waals surface area contributed by atoms with Crippen molar-refractivity contribution in [1.29, 1.82) is 0 Å². The second kappa shape index (κ2) is 7.31. The Bertz CT molecular complexity index is 757. The Morgan fingerprint density at radius 2 is 1.91 bits per heavy atom. The second-order valence-corrected chi connectivity index (χ2v) is 6.88. The van der Waals surface area contributed by atoms with E-state index in [1.807, 2.05) is 24.3 Å². The van der Waals surface area contributed by atoms with E-state index in [9.17, 15) is 8.42 Å². The highest BCUT2D eigenvalue weighted by molar-refractivity contribution is 7.89. The summed E-state index contributed by atoms with van der Waals surface area (Å²) in [6.45, 7) is 2.28. The first-order valence-electron chi connectivity index (χ1n) is 7.02. The number of para-hydroxylation sites is 2. The molecule has 0 aliphatic carbocycles. The molecule has 0 saturated carbocycles. The summed E-state index contributed by atoms with van der Waals surface area (Å²) in [5.74, 6) is 0.636. The lowest BCUT2D eigenvalue weighted by atomic mass is 10.3. The van der Waals surface area contributed by atoms with Gasteiger partial charge in [0.25, 0.3) is 0 Å². The molecule has 23 heavy (non-hydrogen) atoms. The van der Waals surface area contributed by atoms with Crippen LogP contribution in [-0.4, -0.2) is 55.8 Å². The van der Waals surface area contributed by atoms with E-state index in [0.29, 0.717) is 37.6 Å². The second-order valence-electron chi connectivity index (χ2n) is 4.95. The molecule has 0 unspecified atom stereocenters. The summed E-state index contributed by atoms with van der Waals surface area (Å²) in [5, 5.41) is 7.31. The van der Waals surface area contributed by atoms with Gasteiger partial charge in [0.15, 0.2) is 0 Å². The first kappa shape index (κ1) is 17.7. The Labute approximate surface area is 141 Å². The minimum atomic E-state index is -3.50. The van der Waals surface area contributed by atoms with Crippen LogP contribution >= 0.6 is 12.4 Å². The zero-order valence-corrected chi connectivity index (χ0v) is 14.3. The topological polar surface area (TPSA) is 76.5 Å². The van der Waals surface area contributed by atoms with Crippen molar-refractivity contribution in [3.63, 3.8) is 0 Å². The fourth-order valence-electron chi connectivity index (χ4n) is 2.42. The SMILES string of the molecule is COc1ccccc1-n1cc(S(=O)(=O)N2CCNCC2)cn1.Cl. The van der Waals surface area contributed by atoms with Crippen molar-refractivity contribution in [1.82, 2.24) is 19.4 Å². The first-order chi connectivity index (χ1) is 10.6. The van der Waals surface area contributed by atoms with Gasteiger partial charge < -0.3 is 10.1 Å². The van der Waals surface area contributed by atoms with Crippen LogP contribution in [0.1, 0.15) is 0 Å². The van der Waals surface area contributed by atoms with Crippen molar-refractivity contribution in [3.05, 3.63) is 36.7 Å². The number of nitrogens with zero attached hydrogens (tertiary/aromatic N) is 3. The van der Waals surface area contributed by atoms with Crippen molar-refractivity contribution in [2.75, 3.05) is 33.3 Å². The highest BCUT2D eigenvalue weighted by Crippen LogP contribution is 2.23. The number of ether oxygens (including phenoxy) is 1.